The number of anilines is 1. The van der Waals surface area contributed by atoms with Gasteiger partial charge in [-0.3, -0.25) is 0 Å². The molecule has 1 aromatic carbocycles. The van der Waals surface area contributed by atoms with E-state index in [4.69, 9.17) is 14.6 Å². The molecule has 7 nitrogen and oxygen atoms in total. The summed E-state index contributed by atoms with van der Waals surface area (Å²) in [5.74, 6) is 0.332. The molecule has 0 spiro atoms. The summed E-state index contributed by atoms with van der Waals surface area (Å²) in [6, 6.07) is 5.44. The Labute approximate surface area is 121 Å². The molecule has 2 rings (SSSR count). The van der Waals surface area contributed by atoms with E-state index in [1.807, 2.05) is 12.1 Å². The van der Waals surface area contributed by atoms with Gasteiger partial charge in [0.1, 0.15) is 0 Å². The van der Waals surface area contributed by atoms with Crippen LogP contribution in [0, 0.1) is 0 Å². The molecule has 2 aromatic rings. The molecule has 0 aliphatic carbocycles. The van der Waals surface area contributed by atoms with Crippen molar-refractivity contribution in [2.45, 2.75) is 6.54 Å². The second-order valence-corrected chi connectivity index (χ2v) is 4.10. The maximum absolute atomic E-state index is 11.0. The van der Waals surface area contributed by atoms with Crippen molar-refractivity contribution >= 4 is 11.8 Å². The Kier molecular flexibility index (Phi) is 4.55. The first-order chi connectivity index (χ1) is 10.2. The van der Waals surface area contributed by atoms with E-state index in [1.165, 1.54) is 12.4 Å². The van der Waals surface area contributed by atoms with E-state index in [0.29, 0.717) is 18.0 Å². The predicted molar refractivity (Wildman–Crippen MR) is 75.9 cm³/mol. The molecular formula is C14H15N3O4. The summed E-state index contributed by atoms with van der Waals surface area (Å²) in [7, 11) is 3.12. The Morgan fingerprint density at radius 1 is 1.19 bits per heavy atom. The van der Waals surface area contributed by atoms with E-state index in [0.717, 1.165) is 5.56 Å². The second kappa shape index (κ2) is 6.56. The Morgan fingerprint density at radius 2 is 1.90 bits per heavy atom. The van der Waals surface area contributed by atoms with Gasteiger partial charge in [0.05, 0.1) is 14.2 Å². The van der Waals surface area contributed by atoms with Crippen LogP contribution in [0.1, 0.15) is 16.1 Å². The number of hydrogen-bond donors (Lipinski definition) is 2. The van der Waals surface area contributed by atoms with E-state index < -0.39 is 5.97 Å². The first-order valence-corrected chi connectivity index (χ1v) is 6.14. The van der Waals surface area contributed by atoms with Crippen LogP contribution in [0.2, 0.25) is 0 Å². The largest absolute Gasteiger partial charge is 0.493 e. The van der Waals surface area contributed by atoms with Gasteiger partial charge in [-0.1, -0.05) is 6.07 Å². The average Bonchev–Trinajstić information content (AvgIpc) is 2.52. The van der Waals surface area contributed by atoms with E-state index in [9.17, 15) is 4.79 Å². The Hall–Kier alpha value is -2.83. The zero-order chi connectivity index (χ0) is 15.2. The van der Waals surface area contributed by atoms with Crippen molar-refractivity contribution in [3.8, 4) is 11.5 Å². The lowest BCUT2D eigenvalue weighted by Gasteiger charge is -2.11. The number of nitrogens with one attached hydrogen (secondary N) is 1. The summed E-state index contributed by atoms with van der Waals surface area (Å²) in [4.78, 5) is 18.8. The van der Waals surface area contributed by atoms with Gasteiger partial charge in [-0.25, -0.2) is 14.8 Å². The molecule has 0 fully saturated rings. The zero-order valence-corrected chi connectivity index (χ0v) is 11.7. The van der Waals surface area contributed by atoms with Gasteiger partial charge in [-0.05, 0) is 17.7 Å². The van der Waals surface area contributed by atoms with Crippen LogP contribution in [0.3, 0.4) is 0 Å². The van der Waals surface area contributed by atoms with Crippen LogP contribution in [0.25, 0.3) is 0 Å². The monoisotopic (exact) mass is 289 g/mol. The molecule has 0 unspecified atom stereocenters. The van der Waals surface area contributed by atoms with Gasteiger partial charge in [0.2, 0.25) is 0 Å². The van der Waals surface area contributed by atoms with Crippen molar-refractivity contribution in [2.75, 3.05) is 19.5 Å². The number of hydrogen-bond acceptors (Lipinski definition) is 6. The number of carbonyl (C=O) groups is 1. The summed E-state index contributed by atoms with van der Waals surface area (Å²) in [5.41, 5.74) is 0.785. The van der Waals surface area contributed by atoms with Crippen molar-refractivity contribution in [3.05, 3.63) is 41.9 Å². The minimum atomic E-state index is -1.13. The molecule has 21 heavy (non-hydrogen) atoms. The first-order valence-electron chi connectivity index (χ1n) is 6.14. The fourth-order valence-corrected chi connectivity index (χ4v) is 1.80. The van der Waals surface area contributed by atoms with Crippen molar-refractivity contribution in [1.29, 1.82) is 0 Å². The summed E-state index contributed by atoms with van der Waals surface area (Å²) < 4.78 is 10.4. The minimum Gasteiger partial charge on any atom is -0.493 e. The van der Waals surface area contributed by atoms with E-state index in [-0.39, 0.29) is 11.5 Å². The fourth-order valence-electron chi connectivity index (χ4n) is 1.80. The molecule has 1 aromatic heterocycles. The summed E-state index contributed by atoms with van der Waals surface area (Å²) in [5, 5.41) is 12.0. The summed E-state index contributed by atoms with van der Waals surface area (Å²) >= 11 is 0. The lowest BCUT2D eigenvalue weighted by molar-refractivity contribution is 0.0691. The number of aromatic carboxylic acids is 1. The number of aromatic nitrogens is 2. The number of nitrogens with zero attached hydrogens (tertiary/aromatic N) is 2. The zero-order valence-electron chi connectivity index (χ0n) is 11.7. The molecule has 0 aliphatic heterocycles. The van der Waals surface area contributed by atoms with Gasteiger partial charge in [-0.15, -0.1) is 0 Å². The van der Waals surface area contributed by atoms with Crippen LogP contribution in [0.5, 0.6) is 11.5 Å². The molecular weight excluding hydrogens is 274 g/mol. The smallest absolute Gasteiger partial charge is 0.358 e. The molecule has 0 radical (unpaired) electrons. The van der Waals surface area contributed by atoms with Gasteiger partial charge in [0, 0.05) is 18.9 Å². The molecule has 0 bridgehead atoms. The van der Waals surface area contributed by atoms with Gasteiger partial charge in [0.15, 0.2) is 23.0 Å². The third-order valence-corrected chi connectivity index (χ3v) is 2.81. The molecule has 0 aliphatic rings. The highest BCUT2D eigenvalue weighted by atomic mass is 16.5. The molecule has 110 valence electrons. The molecule has 0 amide bonds. The van der Waals surface area contributed by atoms with Crippen LogP contribution >= 0.6 is 0 Å². The normalized spacial score (nSPS) is 10.0. The van der Waals surface area contributed by atoms with E-state index in [2.05, 4.69) is 15.3 Å². The Balaban J connectivity index is 2.15. The SMILES string of the molecule is COc1ccc(CNc2nccnc2C(=O)O)cc1OC. The average molecular weight is 289 g/mol. The van der Waals surface area contributed by atoms with Crippen molar-refractivity contribution in [3.63, 3.8) is 0 Å². The first kappa shape index (κ1) is 14.6. The quantitative estimate of drug-likeness (QED) is 0.837. The molecule has 0 saturated carbocycles. The Morgan fingerprint density at radius 3 is 2.57 bits per heavy atom. The number of ether oxygens (including phenoxy) is 2. The number of carboxylic acids is 1. The van der Waals surface area contributed by atoms with Crippen molar-refractivity contribution in [1.82, 2.24) is 9.97 Å². The number of carboxylic acid groups (broad SMARTS) is 1. The lowest BCUT2D eigenvalue weighted by Crippen LogP contribution is -2.10. The predicted octanol–water partition coefficient (Wildman–Crippen LogP) is 1.80. The molecule has 0 atom stereocenters. The maximum atomic E-state index is 11.0. The number of rotatable bonds is 6. The number of methoxy groups -OCH3 is 2. The summed E-state index contributed by atoms with van der Waals surface area (Å²) in [6.07, 6.45) is 2.77. The molecule has 1 heterocycles. The molecule has 2 N–H and O–H groups in total. The highest BCUT2D eigenvalue weighted by Gasteiger charge is 2.12. The number of benzene rings is 1. The van der Waals surface area contributed by atoms with Gasteiger partial charge in [-0.2, -0.15) is 0 Å². The summed E-state index contributed by atoms with van der Waals surface area (Å²) in [6.45, 7) is 0.388. The van der Waals surface area contributed by atoms with Crippen LogP contribution in [-0.4, -0.2) is 35.3 Å². The highest BCUT2D eigenvalue weighted by molar-refractivity contribution is 5.90. The Bertz CT molecular complexity index is 646. The van der Waals surface area contributed by atoms with Crippen molar-refractivity contribution < 1.29 is 19.4 Å². The standard InChI is InChI=1S/C14H15N3O4/c1-20-10-4-3-9(7-11(10)21-2)8-17-13-12(14(18)19)15-5-6-16-13/h3-7H,8H2,1-2H3,(H,16,17)(H,18,19). The van der Waals surface area contributed by atoms with E-state index in [1.54, 1.807) is 20.3 Å². The maximum Gasteiger partial charge on any atom is 0.358 e. The van der Waals surface area contributed by atoms with Crippen LogP contribution in [-0.2, 0) is 6.54 Å². The van der Waals surface area contributed by atoms with Crippen LogP contribution < -0.4 is 14.8 Å². The van der Waals surface area contributed by atoms with Gasteiger partial charge < -0.3 is 19.9 Å². The minimum absolute atomic E-state index is 0.113. The third-order valence-electron chi connectivity index (χ3n) is 2.81. The lowest BCUT2D eigenvalue weighted by atomic mass is 10.2. The molecule has 7 heteroatoms. The van der Waals surface area contributed by atoms with E-state index >= 15 is 0 Å². The van der Waals surface area contributed by atoms with Crippen molar-refractivity contribution in [2.24, 2.45) is 0 Å². The van der Waals surface area contributed by atoms with Crippen LogP contribution in [0.4, 0.5) is 5.82 Å². The highest BCUT2D eigenvalue weighted by Crippen LogP contribution is 2.27. The second-order valence-electron chi connectivity index (χ2n) is 4.10. The van der Waals surface area contributed by atoms with Gasteiger partial charge in [0.25, 0.3) is 0 Å². The fraction of sp³-hybridized carbons (Fsp3) is 0.214. The van der Waals surface area contributed by atoms with Crippen LogP contribution in [0.15, 0.2) is 30.6 Å². The third kappa shape index (κ3) is 3.38. The topological polar surface area (TPSA) is 93.6 Å². The van der Waals surface area contributed by atoms with Gasteiger partial charge >= 0.3 is 5.97 Å². The molecule has 0 saturated heterocycles.